The number of carbonyl (C=O) groups is 2. The fourth-order valence-electron chi connectivity index (χ4n) is 3.24. The minimum Gasteiger partial charge on any atom is -0.352 e. The highest BCUT2D eigenvalue weighted by atomic mass is 19.1. The molecule has 0 fully saturated rings. The first kappa shape index (κ1) is 22.6. The highest BCUT2D eigenvalue weighted by molar-refractivity contribution is 5.88. The number of halogens is 1. The van der Waals surface area contributed by atoms with Gasteiger partial charge >= 0.3 is 0 Å². The summed E-state index contributed by atoms with van der Waals surface area (Å²) < 4.78 is 14.1. The van der Waals surface area contributed by atoms with Crippen LogP contribution in [0.3, 0.4) is 0 Å². The van der Waals surface area contributed by atoms with Crippen LogP contribution in [0.2, 0.25) is 0 Å². The van der Waals surface area contributed by atoms with Crippen molar-refractivity contribution in [1.29, 1.82) is 0 Å². The number of hydrogen-bond donors (Lipinski definition) is 1. The molecule has 1 N–H and O–H groups in total. The number of hydrogen-bond acceptors (Lipinski definition) is 2. The van der Waals surface area contributed by atoms with Gasteiger partial charge in [-0.1, -0.05) is 62.4 Å². The van der Waals surface area contributed by atoms with Gasteiger partial charge in [0.05, 0.1) is 6.42 Å². The van der Waals surface area contributed by atoms with E-state index in [1.807, 2.05) is 51.1 Å². The fraction of sp³-hybridized carbons (Fsp3) is 0.417. The van der Waals surface area contributed by atoms with Crippen molar-refractivity contribution < 1.29 is 14.0 Å². The number of benzene rings is 2. The third kappa shape index (κ3) is 6.70. The lowest BCUT2D eigenvalue weighted by atomic mass is 10.1. The molecule has 0 heterocycles. The van der Waals surface area contributed by atoms with Gasteiger partial charge in [-0.2, -0.15) is 0 Å². The van der Waals surface area contributed by atoms with Crippen molar-refractivity contribution in [2.45, 2.75) is 58.5 Å². The van der Waals surface area contributed by atoms with E-state index < -0.39 is 11.9 Å². The van der Waals surface area contributed by atoms with Gasteiger partial charge in [-0.05, 0) is 43.4 Å². The first-order chi connectivity index (χ1) is 14.0. The van der Waals surface area contributed by atoms with Gasteiger partial charge in [0.2, 0.25) is 11.8 Å². The molecule has 0 bridgehead atoms. The van der Waals surface area contributed by atoms with Crippen molar-refractivity contribution in [3.63, 3.8) is 0 Å². The lowest BCUT2D eigenvalue weighted by molar-refractivity contribution is -0.140. The van der Waals surface area contributed by atoms with Crippen LogP contribution < -0.4 is 5.32 Å². The zero-order valence-corrected chi connectivity index (χ0v) is 17.5. The number of nitrogens with one attached hydrogen (secondary N) is 1. The van der Waals surface area contributed by atoms with Crippen LogP contribution in [-0.2, 0) is 22.4 Å². The molecule has 156 valence electrons. The Morgan fingerprint density at radius 2 is 1.66 bits per heavy atom. The Labute approximate surface area is 173 Å². The number of amides is 2. The summed E-state index contributed by atoms with van der Waals surface area (Å²) in [4.78, 5) is 27.6. The molecule has 29 heavy (non-hydrogen) atoms. The zero-order chi connectivity index (χ0) is 21.2. The van der Waals surface area contributed by atoms with E-state index in [9.17, 15) is 14.0 Å². The van der Waals surface area contributed by atoms with Crippen LogP contribution in [0.25, 0.3) is 0 Å². The largest absolute Gasteiger partial charge is 0.352 e. The van der Waals surface area contributed by atoms with E-state index in [1.165, 1.54) is 6.07 Å². The van der Waals surface area contributed by atoms with E-state index in [2.05, 4.69) is 5.32 Å². The molecule has 0 radical (unpaired) electrons. The standard InChI is InChI=1S/C24H31FN2O2/c1-4-18(3)26-24(29)22(5-2)27(16-15-19-11-7-6-8-12-19)23(28)17-20-13-9-10-14-21(20)25/h6-14,18,22H,4-5,15-17H2,1-3H3,(H,26,29)/t18-,22+/m1/s1. The third-order valence-corrected chi connectivity index (χ3v) is 5.17. The summed E-state index contributed by atoms with van der Waals surface area (Å²) in [6, 6.07) is 15.6. The van der Waals surface area contributed by atoms with Crippen LogP contribution in [0.4, 0.5) is 4.39 Å². The summed E-state index contributed by atoms with van der Waals surface area (Å²) in [7, 11) is 0. The lowest BCUT2D eigenvalue weighted by Gasteiger charge is -2.31. The highest BCUT2D eigenvalue weighted by Gasteiger charge is 2.29. The molecule has 0 aromatic heterocycles. The Bertz CT molecular complexity index is 794. The predicted molar refractivity (Wildman–Crippen MR) is 114 cm³/mol. The van der Waals surface area contributed by atoms with Gasteiger partial charge in [0.1, 0.15) is 11.9 Å². The van der Waals surface area contributed by atoms with E-state index in [0.717, 1.165) is 12.0 Å². The molecule has 0 saturated heterocycles. The summed E-state index contributed by atoms with van der Waals surface area (Å²) >= 11 is 0. The van der Waals surface area contributed by atoms with Gasteiger partial charge in [-0.15, -0.1) is 0 Å². The zero-order valence-electron chi connectivity index (χ0n) is 17.5. The molecule has 4 nitrogen and oxygen atoms in total. The molecule has 0 aliphatic rings. The van der Waals surface area contributed by atoms with E-state index in [4.69, 9.17) is 0 Å². The summed E-state index contributed by atoms with van der Waals surface area (Å²) in [5.74, 6) is -0.796. The second-order valence-electron chi connectivity index (χ2n) is 7.33. The van der Waals surface area contributed by atoms with Crippen molar-refractivity contribution in [2.24, 2.45) is 0 Å². The van der Waals surface area contributed by atoms with Crippen LogP contribution in [0.15, 0.2) is 54.6 Å². The maximum absolute atomic E-state index is 14.1. The molecular weight excluding hydrogens is 367 g/mol. The number of rotatable bonds is 10. The maximum atomic E-state index is 14.1. The van der Waals surface area contributed by atoms with Gasteiger partial charge in [0.15, 0.2) is 0 Å². The average Bonchev–Trinajstić information content (AvgIpc) is 2.73. The highest BCUT2D eigenvalue weighted by Crippen LogP contribution is 2.14. The quantitative estimate of drug-likeness (QED) is 0.654. The van der Waals surface area contributed by atoms with E-state index in [-0.39, 0.29) is 24.3 Å². The Morgan fingerprint density at radius 1 is 1.00 bits per heavy atom. The predicted octanol–water partition coefficient (Wildman–Crippen LogP) is 4.13. The van der Waals surface area contributed by atoms with Gasteiger partial charge in [0, 0.05) is 12.6 Å². The molecule has 2 amide bonds. The smallest absolute Gasteiger partial charge is 0.243 e. The minimum absolute atomic E-state index is 0.0363. The molecule has 2 aromatic rings. The second kappa shape index (κ2) is 11.3. The SMILES string of the molecule is CC[C@@H](C)NC(=O)[C@H](CC)N(CCc1ccccc1)C(=O)Cc1ccccc1F. The Morgan fingerprint density at radius 3 is 2.28 bits per heavy atom. The van der Waals surface area contributed by atoms with Crippen molar-refractivity contribution in [3.05, 3.63) is 71.5 Å². The molecule has 0 spiro atoms. The fourth-order valence-corrected chi connectivity index (χ4v) is 3.24. The van der Waals surface area contributed by atoms with Crippen LogP contribution in [-0.4, -0.2) is 35.3 Å². The first-order valence-corrected chi connectivity index (χ1v) is 10.3. The Hall–Kier alpha value is -2.69. The van der Waals surface area contributed by atoms with Gasteiger partial charge in [-0.25, -0.2) is 4.39 Å². The van der Waals surface area contributed by atoms with Crippen molar-refractivity contribution in [2.75, 3.05) is 6.54 Å². The van der Waals surface area contributed by atoms with Gasteiger partial charge < -0.3 is 10.2 Å². The molecule has 0 saturated carbocycles. The molecule has 0 aliphatic heterocycles. The molecule has 5 heteroatoms. The molecule has 0 unspecified atom stereocenters. The first-order valence-electron chi connectivity index (χ1n) is 10.3. The van der Waals surface area contributed by atoms with E-state index in [0.29, 0.717) is 24.9 Å². The third-order valence-electron chi connectivity index (χ3n) is 5.17. The Balaban J connectivity index is 2.21. The van der Waals surface area contributed by atoms with Crippen LogP contribution in [0, 0.1) is 5.82 Å². The van der Waals surface area contributed by atoms with Crippen molar-refractivity contribution in [3.8, 4) is 0 Å². The molecule has 2 atom stereocenters. The minimum atomic E-state index is -0.577. The van der Waals surface area contributed by atoms with Crippen LogP contribution >= 0.6 is 0 Å². The van der Waals surface area contributed by atoms with Crippen molar-refractivity contribution in [1.82, 2.24) is 10.2 Å². The van der Waals surface area contributed by atoms with E-state index >= 15 is 0 Å². The van der Waals surface area contributed by atoms with Crippen LogP contribution in [0.5, 0.6) is 0 Å². The average molecular weight is 399 g/mol. The van der Waals surface area contributed by atoms with Gasteiger partial charge in [-0.3, -0.25) is 9.59 Å². The summed E-state index contributed by atoms with van der Waals surface area (Å²) in [5.41, 5.74) is 1.44. The number of nitrogens with zero attached hydrogens (tertiary/aromatic N) is 1. The van der Waals surface area contributed by atoms with Crippen molar-refractivity contribution >= 4 is 11.8 Å². The summed E-state index contributed by atoms with van der Waals surface area (Å²) in [6.45, 7) is 6.25. The van der Waals surface area contributed by atoms with E-state index in [1.54, 1.807) is 23.1 Å². The van der Waals surface area contributed by atoms with Gasteiger partial charge in [0.25, 0.3) is 0 Å². The number of carbonyl (C=O) groups excluding carboxylic acids is 2. The molecular formula is C24H31FN2O2. The molecule has 0 aliphatic carbocycles. The second-order valence-corrected chi connectivity index (χ2v) is 7.33. The lowest BCUT2D eigenvalue weighted by Crippen LogP contribution is -2.52. The Kier molecular flexibility index (Phi) is 8.84. The monoisotopic (exact) mass is 398 g/mol. The summed E-state index contributed by atoms with van der Waals surface area (Å²) in [6.07, 6.45) is 1.89. The topological polar surface area (TPSA) is 49.4 Å². The summed E-state index contributed by atoms with van der Waals surface area (Å²) in [5, 5.41) is 2.98. The normalized spacial score (nSPS) is 12.8. The molecule has 2 rings (SSSR count). The van der Waals surface area contributed by atoms with Crippen LogP contribution in [0.1, 0.15) is 44.7 Å². The molecule has 2 aromatic carbocycles. The maximum Gasteiger partial charge on any atom is 0.243 e.